The van der Waals surface area contributed by atoms with Gasteiger partial charge in [-0.3, -0.25) is 4.79 Å². The second-order valence-electron chi connectivity index (χ2n) is 7.00. The average molecular weight is 620 g/mol. The number of fused-ring (bicyclic) bond motifs is 1. The summed E-state index contributed by atoms with van der Waals surface area (Å²) < 4.78 is 10.2. The largest absolute Gasteiger partial charge is 0.481 e. The van der Waals surface area contributed by atoms with Crippen LogP contribution in [0.15, 0.2) is 91.4 Å². The molecule has 0 spiro atoms. The van der Waals surface area contributed by atoms with E-state index >= 15 is 0 Å². The summed E-state index contributed by atoms with van der Waals surface area (Å²) in [5.41, 5.74) is 5.78. The molecule has 32 heavy (non-hydrogen) atoms. The second kappa shape index (κ2) is 10.5. The van der Waals surface area contributed by atoms with Gasteiger partial charge in [0.1, 0.15) is 5.75 Å². The molecule has 0 aliphatic rings. The van der Waals surface area contributed by atoms with Crippen molar-refractivity contribution in [2.75, 3.05) is 6.61 Å². The van der Waals surface area contributed by atoms with Crippen LogP contribution in [-0.4, -0.2) is 23.3 Å². The van der Waals surface area contributed by atoms with Gasteiger partial charge in [0.25, 0.3) is 5.91 Å². The van der Waals surface area contributed by atoms with Crippen LogP contribution in [-0.2, 0) is 11.3 Å². The van der Waals surface area contributed by atoms with E-state index in [1.54, 1.807) is 6.21 Å². The van der Waals surface area contributed by atoms with Crippen molar-refractivity contribution in [1.82, 2.24) is 9.99 Å². The lowest BCUT2D eigenvalue weighted by Gasteiger charge is -2.09. The number of amides is 1. The number of nitrogens with one attached hydrogen (secondary N) is 1. The minimum atomic E-state index is -0.351. The Morgan fingerprint density at radius 2 is 1.69 bits per heavy atom. The molecule has 0 bridgehead atoms. The summed E-state index contributed by atoms with van der Waals surface area (Å²) in [5, 5.41) is 5.20. The number of carbonyl (C=O) groups excluding carboxylic acids is 1. The summed E-state index contributed by atoms with van der Waals surface area (Å²) in [6, 6.07) is 22.1. The Morgan fingerprint density at radius 1 is 1.00 bits per heavy atom. The minimum absolute atomic E-state index is 0.161. The SMILES string of the molecule is O=C(COc1c(Br)cc(Br)cc1Br)N/N=C\c1cn(Cc2ccccc2)c2ccccc12. The van der Waals surface area contributed by atoms with Gasteiger partial charge in [0, 0.05) is 33.7 Å². The number of nitrogens with zero attached hydrogens (tertiary/aromatic N) is 2. The molecular weight excluding hydrogens is 602 g/mol. The maximum atomic E-state index is 12.2. The first kappa shape index (κ1) is 22.8. The fourth-order valence-corrected chi connectivity index (χ4v) is 5.79. The number of hydrogen-bond donors (Lipinski definition) is 1. The van der Waals surface area contributed by atoms with E-state index in [-0.39, 0.29) is 12.5 Å². The lowest BCUT2D eigenvalue weighted by molar-refractivity contribution is -0.123. The molecule has 5 nitrogen and oxygen atoms in total. The van der Waals surface area contributed by atoms with Crippen molar-refractivity contribution in [1.29, 1.82) is 0 Å². The van der Waals surface area contributed by atoms with E-state index in [2.05, 4.69) is 81.1 Å². The van der Waals surface area contributed by atoms with Crippen LogP contribution in [0.2, 0.25) is 0 Å². The zero-order valence-corrected chi connectivity index (χ0v) is 21.5. The van der Waals surface area contributed by atoms with Gasteiger partial charge in [-0.25, -0.2) is 5.43 Å². The molecule has 4 aromatic rings. The highest BCUT2D eigenvalue weighted by atomic mass is 79.9. The molecule has 0 aliphatic heterocycles. The van der Waals surface area contributed by atoms with Crippen LogP contribution < -0.4 is 10.2 Å². The molecule has 4 rings (SSSR count). The summed E-state index contributed by atoms with van der Waals surface area (Å²) in [7, 11) is 0. The van der Waals surface area contributed by atoms with E-state index in [1.165, 1.54) is 5.56 Å². The van der Waals surface area contributed by atoms with E-state index in [1.807, 2.05) is 54.7 Å². The highest BCUT2D eigenvalue weighted by molar-refractivity contribution is 9.11. The van der Waals surface area contributed by atoms with Gasteiger partial charge >= 0.3 is 0 Å². The van der Waals surface area contributed by atoms with Crippen LogP contribution in [0.3, 0.4) is 0 Å². The highest BCUT2D eigenvalue weighted by Crippen LogP contribution is 2.36. The average Bonchev–Trinajstić information content (AvgIpc) is 3.11. The summed E-state index contributed by atoms with van der Waals surface area (Å²) >= 11 is 10.3. The molecule has 0 saturated carbocycles. The molecule has 162 valence electrons. The van der Waals surface area contributed by atoms with Crippen molar-refractivity contribution >= 4 is 70.8 Å². The van der Waals surface area contributed by atoms with Crippen molar-refractivity contribution in [3.8, 4) is 5.75 Å². The third-order valence-electron chi connectivity index (χ3n) is 4.72. The molecule has 0 fully saturated rings. The number of hydrogen-bond acceptors (Lipinski definition) is 3. The maximum Gasteiger partial charge on any atom is 0.277 e. The molecule has 0 radical (unpaired) electrons. The Labute approximate surface area is 210 Å². The minimum Gasteiger partial charge on any atom is -0.481 e. The number of halogens is 3. The lowest BCUT2D eigenvalue weighted by atomic mass is 10.2. The predicted octanol–water partition coefficient (Wildman–Crippen LogP) is 6.51. The quantitative estimate of drug-likeness (QED) is 0.190. The van der Waals surface area contributed by atoms with E-state index in [4.69, 9.17) is 4.74 Å². The van der Waals surface area contributed by atoms with Crippen molar-refractivity contribution in [3.05, 3.63) is 97.5 Å². The summed E-state index contributed by atoms with van der Waals surface area (Å²) in [6.07, 6.45) is 3.70. The Hall–Kier alpha value is -2.42. The molecule has 1 N–H and O–H groups in total. The van der Waals surface area contributed by atoms with Crippen molar-refractivity contribution in [3.63, 3.8) is 0 Å². The third kappa shape index (κ3) is 5.49. The first-order valence-corrected chi connectivity index (χ1v) is 12.1. The fraction of sp³-hybridized carbons (Fsp3) is 0.0833. The van der Waals surface area contributed by atoms with Crippen LogP contribution in [0.5, 0.6) is 5.75 Å². The molecular formula is C24H18Br3N3O2. The van der Waals surface area contributed by atoms with Crippen molar-refractivity contribution < 1.29 is 9.53 Å². The maximum absolute atomic E-state index is 12.2. The Kier molecular flexibility index (Phi) is 7.44. The molecule has 1 heterocycles. The van der Waals surface area contributed by atoms with Crippen molar-refractivity contribution in [2.24, 2.45) is 5.10 Å². The fourth-order valence-electron chi connectivity index (χ4n) is 3.30. The van der Waals surface area contributed by atoms with Gasteiger partial charge < -0.3 is 9.30 Å². The van der Waals surface area contributed by atoms with Crippen molar-refractivity contribution in [2.45, 2.75) is 6.54 Å². The van der Waals surface area contributed by atoms with Gasteiger partial charge in [-0.2, -0.15) is 5.10 Å². The van der Waals surface area contributed by atoms with Gasteiger partial charge in [0.15, 0.2) is 6.61 Å². The van der Waals surface area contributed by atoms with E-state index in [0.717, 1.165) is 36.4 Å². The zero-order valence-electron chi connectivity index (χ0n) is 16.8. The lowest BCUT2D eigenvalue weighted by Crippen LogP contribution is -2.24. The molecule has 3 aromatic carbocycles. The molecule has 0 aliphatic carbocycles. The molecule has 0 atom stereocenters. The Morgan fingerprint density at radius 3 is 2.44 bits per heavy atom. The van der Waals surface area contributed by atoms with Crippen LogP contribution in [0.4, 0.5) is 0 Å². The molecule has 0 unspecified atom stereocenters. The van der Waals surface area contributed by atoms with Gasteiger partial charge in [-0.05, 0) is 55.6 Å². The first-order chi connectivity index (χ1) is 15.5. The Balaban J connectivity index is 1.43. The second-order valence-corrected chi connectivity index (χ2v) is 9.62. The number of para-hydroxylation sites is 1. The number of rotatable bonds is 7. The van der Waals surface area contributed by atoms with Crippen LogP contribution in [0.1, 0.15) is 11.1 Å². The normalized spacial score (nSPS) is 11.2. The van der Waals surface area contributed by atoms with Crippen LogP contribution in [0.25, 0.3) is 10.9 Å². The molecule has 1 amide bonds. The number of aromatic nitrogens is 1. The molecule has 0 saturated heterocycles. The highest BCUT2D eigenvalue weighted by Gasteiger charge is 2.11. The van der Waals surface area contributed by atoms with E-state index in [9.17, 15) is 4.79 Å². The number of ether oxygens (including phenoxy) is 1. The van der Waals surface area contributed by atoms with Gasteiger partial charge in [0.2, 0.25) is 0 Å². The van der Waals surface area contributed by atoms with Gasteiger partial charge in [0.05, 0.1) is 15.2 Å². The number of carbonyl (C=O) groups is 1. The smallest absolute Gasteiger partial charge is 0.277 e. The number of benzene rings is 3. The van der Waals surface area contributed by atoms with E-state index in [0.29, 0.717) is 5.75 Å². The predicted molar refractivity (Wildman–Crippen MR) is 138 cm³/mol. The summed E-state index contributed by atoms with van der Waals surface area (Å²) in [5.74, 6) is 0.201. The van der Waals surface area contributed by atoms with Crippen LogP contribution >= 0.6 is 47.8 Å². The standard InChI is InChI=1S/C24H18Br3N3O2/c25-18-10-20(26)24(21(27)11-18)32-15-23(31)29-28-12-17-14-30(13-16-6-2-1-3-7-16)22-9-5-4-8-19(17)22/h1-12,14H,13,15H2,(H,29,31)/b28-12-. The van der Waals surface area contributed by atoms with Gasteiger partial charge in [-0.15, -0.1) is 0 Å². The third-order valence-corrected chi connectivity index (χ3v) is 6.35. The van der Waals surface area contributed by atoms with Gasteiger partial charge in [-0.1, -0.05) is 64.5 Å². The van der Waals surface area contributed by atoms with E-state index < -0.39 is 0 Å². The zero-order chi connectivity index (χ0) is 22.5. The first-order valence-electron chi connectivity index (χ1n) is 9.72. The Bertz CT molecular complexity index is 1260. The topological polar surface area (TPSA) is 55.6 Å². The molecule has 8 heteroatoms. The van der Waals surface area contributed by atoms with Crippen LogP contribution in [0, 0.1) is 0 Å². The summed E-state index contributed by atoms with van der Waals surface area (Å²) in [6.45, 7) is 0.596. The monoisotopic (exact) mass is 617 g/mol. The number of hydrazone groups is 1. The molecule has 1 aromatic heterocycles. The summed E-state index contributed by atoms with van der Waals surface area (Å²) in [4.78, 5) is 12.2.